The molecule has 3 amide bonds. The highest BCUT2D eigenvalue weighted by Crippen LogP contribution is 2.60. The van der Waals surface area contributed by atoms with Gasteiger partial charge in [0.05, 0.1) is 5.60 Å². The van der Waals surface area contributed by atoms with Crippen LogP contribution in [0.1, 0.15) is 50.2 Å². The molecule has 1 aromatic rings. The predicted molar refractivity (Wildman–Crippen MR) is 107 cm³/mol. The first-order chi connectivity index (χ1) is 14.5. The third kappa shape index (κ3) is 2.89. The lowest BCUT2D eigenvalue weighted by atomic mass is 9.46. The quantitative estimate of drug-likeness (QED) is 0.543. The Morgan fingerprint density at radius 1 is 1.26 bits per heavy atom. The van der Waals surface area contributed by atoms with Crippen LogP contribution in [-0.2, 0) is 16.6 Å². The summed E-state index contributed by atoms with van der Waals surface area (Å²) < 4.78 is 27.2. The SMILES string of the molecule is CC(F)(F)CCN1CC[C@]23C[C@]4(CC[C@@]2(O)[C@H]1Cc1ccc(O)cc13)NC(=O)NC4=O. The molecule has 168 valence electrons. The third-order valence-electron chi connectivity index (χ3n) is 8.06. The molecule has 1 spiro atoms. The molecule has 3 fully saturated rings. The molecule has 1 aromatic carbocycles. The van der Waals surface area contributed by atoms with E-state index in [0.29, 0.717) is 19.4 Å². The van der Waals surface area contributed by atoms with Gasteiger partial charge in [0.15, 0.2) is 0 Å². The first-order valence-corrected chi connectivity index (χ1v) is 10.8. The van der Waals surface area contributed by atoms with Crippen LogP contribution in [-0.4, -0.2) is 63.2 Å². The second kappa shape index (κ2) is 6.38. The van der Waals surface area contributed by atoms with Crippen LogP contribution in [0.2, 0.25) is 0 Å². The summed E-state index contributed by atoms with van der Waals surface area (Å²) in [5.41, 5.74) is -1.52. The summed E-state index contributed by atoms with van der Waals surface area (Å²) in [6.45, 7) is 1.56. The predicted octanol–water partition coefficient (Wildman–Crippen LogP) is 1.80. The number of likely N-dealkylation sites (tertiary alicyclic amines) is 1. The molecular weight excluding hydrogens is 408 g/mol. The van der Waals surface area contributed by atoms with Gasteiger partial charge < -0.3 is 15.5 Å². The van der Waals surface area contributed by atoms with E-state index >= 15 is 0 Å². The Morgan fingerprint density at radius 3 is 2.71 bits per heavy atom. The third-order valence-corrected chi connectivity index (χ3v) is 8.06. The minimum Gasteiger partial charge on any atom is -0.508 e. The van der Waals surface area contributed by atoms with E-state index in [1.807, 2.05) is 11.0 Å². The first kappa shape index (κ1) is 20.6. The maximum Gasteiger partial charge on any atom is 0.322 e. The summed E-state index contributed by atoms with van der Waals surface area (Å²) in [5.74, 6) is -3.12. The number of rotatable bonds is 3. The number of phenolic OH excluding ortho intramolecular Hbond substituents is 1. The zero-order valence-corrected chi connectivity index (χ0v) is 17.4. The standard InChI is InChI=1S/C22H27F2N3O4/c1-19(23,24)6-8-27-9-7-20-12-21(17(29)25-18(30)26-21)4-5-22(20,31)16(27)10-13-2-3-14(28)11-15(13)20/h2-3,11,16,28,31H,4-10,12H2,1H3,(H2,25,26,29,30)/t16-,20-,21+,22-/m1/s1. The van der Waals surface area contributed by atoms with Gasteiger partial charge in [0.2, 0.25) is 5.92 Å². The van der Waals surface area contributed by atoms with Crippen molar-refractivity contribution in [3.8, 4) is 5.75 Å². The Balaban J connectivity index is 1.60. The van der Waals surface area contributed by atoms with Crippen molar-refractivity contribution in [2.75, 3.05) is 13.1 Å². The topological polar surface area (TPSA) is 102 Å². The molecule has 7 nitrogen and oxygen atoms in total. The molecule has 2 heterocycles. The lowest BCUT2D eigenvalue weighted by molar-refractivity contribution is -0.182. The molecule has 4 N–H and O–H groups in total. The molecule has 2 aliphatic heterocycles. The number of piperidine rings is 1. The van der Waals surface area contributed by atoms with E-state index in [1.54, 1.807) is 12.1 Å². The highest BCUT2D eigenvalue weighted by atomic mass is 19.3. The largest absolute Gasteiger partial charge is 0.508 e. The number of imide groups is 1. The number of benzene rings is 1. The Kier molecular flexibility index (Phi) is 4.25. The van der Waals surface area contributed by atoms with Gasteiger partial charge in [-0.25, -0.2) is 13.6 Å². The van der Waals surface area contributed by atoms with Gasteiger partial charge in [0.1, 0.15) is 11.3 Å². The van der Waals surface area contributed by atoms with Gasteiger partial charge in [-0.2, -0.15) is 0 Å². The Bertz CT molecular complexity index is 967. The molecule has 9 heteroatoms. The minimum absolute atomic E-state index is 0.0708. The summed E-state index contributed by atoms with van der Waals surface area (Å²) in [7, 11) is 0. The smallest absolute Gasteiger partial charge is 0.322 e. The van der Waals surface area contributed by atoms with Crippen molar-refractivity contribution in [1.82, 2.24) is 15.5 Å². The number of carbonyl (C=O) groups is 2. The summed E-state index contributed by atoms with van der Waals surface area (Å²) in [5, 5.41) is 27.5. The number of aliphatic hydroxyl groups is 1. The number of carbonyl (C=O) groups excluding carboxylic acids is 2. The maximum atomic E-state index is 13.6. The molecule has 2 bridgehead atoms. The van der Waals surface area contributed by atoms with Crippen molar-refractivity contribution in [2.45, 2.75) is 74.0 Å². The molecular formula is C22H27F2N3O4. The lowest BCUT2D eigenvalue weighted by Gasteiger charge is -2.65. The van der Waals surface area contributed by atoms with Crippen molar-refractivity contribution < 1.29 is 28.6 Å². The molecule has 2 saturated heterocycles. The number of fused-ring (bicyclic) bond motifs is 1. The summed E-state index contributed by atoms with van der Waals surface area (Å²) >= 11 is 0. The molecule has 0 aromatic heterocycles. The molecule has 4 atom stereocenters. The lowest BCUT2D eigenvalue weighted by Crippen LogP contribution is -2.76. The number of amides is 3. The highest BCUT2D eigenvalue weighted by Gasteiger charge is 2.69. The van der Waals surface area contributed by atoms with E-state index in [0.717, 1.165) is 18.1 Å². The number of halogens is 2. The van der Waals surface area contributed by atoms with E-state index in [2.05, 4.69) is 10.6 Å². The number of urea groups is 1. The number of hydrogen-bond acceptors (Lipinski definition) is 5. The second-order valence-corrected chi connectivity index (χ2v) is 9.84. The summed E-state index contributed by atoms with van der Waals surface area (Å²) in [6, 6.07) is 4.13. The average Bonchev–Trinajstić information content (AvgIpc) is 2.94. The van der Waals surface area contributed by atoms with Crippen molar-refractivity contribution in [2.24, 2.45) is 0 Å². The van der Waals surface area contributed by atoms with Crippen LogP contribution in [0, 0.1) is 0 Å². The van der Waals surface area contributed by atoms with Gasteiger partial charge in [-0.1, -0.05) is 6.07 Å². The van der Waals surface area contributed by atoms with Crippen LogP contribution >= 0.6 is 0 Å². The van der Waals surface area contributed by atoms with E-state index in [-0.39, 0.29) is 44.0 Å². The van der Waals surface area contributed by atoms with Crippen LogP contribution in [0.4, 0.5) is 13.6 Å². The fourth-order valence-electron chi connectivity index (χ4n) is 6.58. The minimum atomic E-state index is -2.79. The summed E-state index contributed by atoms with van der Waals surface area (Å²) in [4.78, 5) is 26.6. The average molecular weight is 435 g/mol. The van der Waals surface area contributed by atoms with Crippen LogP contribution < -0.4 is 10.6 Å². The van der Waals surface area contributed by atoms with Crippen molar-refractivity contribution >= 4 is 11.9 Å². The van der Waals surface area contributed by atoms with Gasteiger partial charge in [-0.05, 0) is 68.8 Å². The van der Waals surface area contributed by atoms with Crippen LogP contribution in [0.3, 0.4) is 0 Å². The molecule has 31 heavy (non-hydrogen) atoms. The first-order valence-electron chi connectivity index (χ1n) is 10.8. The van der Waals surface area contributed by atoms with Gasteiger partial charge >= 0.3 is 6.03 Å². The van der Waals surface area contributed by atoms with Gasteiger partial charge in [0.25, 0.3) is 5.91 Å². The Labute approximate surface area is 178 Å². The molecule has 0 radical (unpaired) electrons. The van der Waals surface area contributed by atoms with E-state index < -0.39 is 34.4 Å². The Morgan fingerprint density at radius 2 is 2.03 bits per heavy atom. The number of phenols is 1. The van der Waals surface area contributed by atoms with E-state index in [9.17, 15) is 28.6 Å². The number of nitrogens with one attached hydrogen (secondary N) is 2. The normalized spacial score (nSPS) is 37.2. The molecule has 0 unspecified atom stereocenters. The van der Waals surface area contributed by atoms with Gasteiger partial charge in [-0.3, -0.25) is 15.0 Å². The molecule has 4 aliphatic rings. The molecule has 2 aliphatic carbocycles. The van der Waals surface area contributed by atoms with Crippen molar-refractivity contribution in [3.05, 3.63) is 29.3 Å². The van der Waals surface area contributed by atoms with Crippen molar-refractivity contribution in [1.29, 1.82) is 0 Å². The monoisotopic (exact) mass is 435 g/mol. The molecule has 5 rings (SSSR count). The fourth-order valence-corrected chi connectivity index (χ4v) is 6.58. The number of aromatic hydroxyl groups is 1. The van der Waals surface area contributed by atoms with Gasteiger partial charge in [0, 0.05) is 24.4 Å². The Hall–Kier alpha value is -2.26. The summed E-state index contributed by atoms with van der Waals surface area (Å²) in [6.07, 6.45) is 1.35. The van der Waals surface area contributed by atoms with E-state index in [1.165, 1.54) is 0 Å². The number of hydrogen-bond donors (Lipinski definition) is 4. The number of nitrogens with zero attached hydrogens (tertiary/aromatic N) is 1. The van der Waals surface area contributed by atoms with E-state index in [4.69, 9.17) is 0 Å². The zero-order chi connectivity index (χ0) is 22.2. The second-order valence-electron chi connectivity index (χ2n) is 9.84. The van der Waals surface area contributed by atoms with Crippen LogP contribution in [0.5, 0.6) is 5.75 Å². The van der Waals surface area contributed by atoms with Crippen LogP contribution in [0.25, 0.3) is 0 Å². The number of alkyl halides is 2. The van der Waals surface area contributed by atoms with Crippen molar-refractivity contribution in [3.63, 3.8) is 0 Å². The highest BCUT2D eigenvalue weighted by molar-refractivity contribution is 6.07. The van der Waals surface area contributed by atoms with Crippen LogP contribution in [0.15, 0.2) is 18.2 Å². The maximum absolute atomic E-state index is 13.6. The van der Waals surface area contributed by atoms with Gasteiger partial charge in [-0.15, -0.1) is 0 Å². The fraction of sp³-hybridized carbons (Fsp3) is 0.636. The zero-order valence-electron chi connectivity index (χ0n) is 17.4. The molecule has 1 saturated carbocycles.